The maximum absolute atomic E-state index is 5.71. The summed E-state index contributed by atoms with van der Waals surface area (Å²) in [6.07, 6.45) is 1.32. The van der Waals surface area contributed by atoms with Crippen LogP contribution < -0.4 is 10.1 Å². The number of benzene rings is 1. The minimum absolute atomic E-state index is 0.680. The molecule has 3 nitrogen and oxygen atoms in total. The maximum Gasteiger partial charge on any atom is 0.120 e. The molecule has 1 unspecified atom stereocenters. The van der Waals surface area contributed by atoms with Gasteiger partial charge in [0.25, 0.3) is 0 Å². The zero-order valence-electron chi connectivity index (χ0n) is 12.4. The van der Waals surface area contributed by atoms with Crippen LogP contribution in [0.4, 0.5) is 0 Å². The molecule has 1 saturated heterocycles. The molecule has 0 spiro atoms. The number of nitrogens with zero attached hydrogens (tertiary/aromatic N) is 1. The van der Waals surface area contributed by atoms with Gasteiger partial charge in [0.15, 0.2) is 0 Å². The first-order valence-electron chi connectivity index (χ1n) is 7.48. The van der Waals surface area contributed by atoms with Crippen LogP contribution in [0.5, 0.6) is 5.75 Å². The van der Waals surface area contributed by atoms with E-state index in [2.05, 4.69) is 40.0 Å². The summed E-state index contributed by atoms with van der Waals surface area (Å²) in [5.74, 6) is 1.72. The Hall–Kier alpha value is -0.580. The molecule has 1 atom stereocenters. The molecule has 0 aromatic heterocycles. The van der Waals surface area contributed by atoms with E-state index in [1.54, 1.807) is 0 Å². The topological polar surface area (TPSA) is 24.5 Å². The van der Waals surface area contributed by atoms with E-state index in [4.69, 9.17) is 4.74 Å². The number of likely N-dealkylation sites (tertiary alicyclic amines) is 1. The lowest BCUT2D eigenvalue weighted by atomic mass is 10.1. The Labute approximate surface area is 130 Å². The van der Waals surface area contributed by atoms with Crippen LogP contribution in [0.15, 0.2) is 28.7 Å². The molecule has 0 amide bonds. The molecule has 0 saturated carbocycles. The van der Waals surface area contributed by atoms with Gasteiger partial charge < -0.3 is 15.0 Å². The molecular weight excluding hydrogens is 316 g/mol. The van der Waals surface area contributed by atoms with Crippen molar-refractivity contribution in [1.29, 1.82) is 0 Å². The molecule has 1 N–H and O–H groups in total. The third-order valence-corrected chi connectivity index (χ3v) is 4.32. The summed E-state index contributed by atoms with van der Waals surface area (Å²) in [7, 11) is 0. The predicted molar refractivity (Wildman–Crippen MR) is 87.3 cm³/mol. The number of ether oxygens (including phenoxy) is 1. The number of nitrogens with one attached hydrogen (secondary N) is 1. The van der Waals surface area contributed by atoms with Crippen LogP contribution in [0.2, 0.25) is 0 Å². The van der Waals surface area contributed by atoms with Crippen molar-refractivity contribution in [2.75, 3.05) is 32.8 Å². The lowest BCUT2D eigenvalue weighted by Gasteiger charge is -2.20. The second-order valence-corrected chi connectivity index (χ2v) is 6.67. The van der Waals surface area contributed by atoms with Crippen molar-refractivity contribution in [3.05, 3.63) is 28.7 Å². The second-order valence-electron chi connectivity index (χ2n) is 5.75. The molecule has 1 aromatic carbocycles. The van der Waals surface area contributed by atoms with Gasteiger partial charge in [0.1, 0.15) is 12.4 Å². The summed E-state index contributed by atoms with van der Waals surface area (Å²) in [5.41, 5.74) is 0. The van der Waals surface area contributed by atoms with Crippen LogP contribution in [-0.2, 0) is 0 Å². The van der Waals surface area contributed by atoms with Crippen LogP contribution in [0.3, 0.4) is 0 Å². The fourth-order valence-electron chi connectivity index (χ4n) is 2.60. The van der Waals surface area contributed by atoms with Crippen molar-refractivity contribution in [3.63, 3.8) is 0 Å². The Kier molecular flexibility index (Phi) is 6.33. The monoisotopic (exact) mass is 340 g/mol. The molecule has 1 aliphatic rings. The van der Waals surface area contributed by atoms with Crippen LogP contribution in [0, 0.1) is 5.92 Å². The van der Waals surface area contributed by atoms with Gasteiger partial charge in [0.05, 0.1) is 0 Å². The average Bonchev–Trinajstić information content (AvgIpc) is 2.87. The van der Waals surface area contributed by atoms with E-state index in [0.29, 0.717) is 6.04 Å². The van der Waals surface area contributed by atoms with E-state index >= 15 is 0 Å². The molecule has 1 fully saturated rings. The van der Waals surface area contributed by atoms with E-state index in [-0.39, 0.29) is 0 Å². The van der Waals surface area contributed by atoms with Crippen molar-refractivity contribution in [3.8, 4) is 5.75 Å². The number of hydrogen-bond acceptors (Lipinski definition) is 3. The highest BCUT2D eigenvalue weighted by atomic mass is 79.9. The maximum atomic E-state index is 5.71. The van der Waals surface area contributed by atoms with E-state index in [0.717, 1.165) is 35.8 Å². The summed E-state index contributed by atoms with van der Waals surface area (Å²) >= 11 is 3.45. The summed E-state index contributed by atoms with van der Waals surface area (Å²) in [6.45, 7) is 9.77. The van der Waals surface area contributed by atoms with E-state index in [1.807, 2.05) is 24.3 Å². The third-order valence-electron chi connectivity index (χ3n) is 3.82. The van der Waals surface area contributed by atoms with E-state index in [9.17, 15) is 0 Å². The SMILES string of the molecule is CC(C)N1CCC(CNCCOc2cccc(Br)c2)C1. The smallest absolute Gasteiger partial charge is 0.120 e. The largest absolute Gasteiger partial charge is 0.492 e. The molecule has 4 heteroatoms. The molecule has 1 aromatic rings. The van der Waals surface area contributed by atoms with E-state index in [1.165, 1.54) is 19.5 Å². The standard InChI is InChI=1S/C16H25BrN2O/c1-13(2)19-8-6-14(12-19)11-18-7-9-20-16-5-3-4-15(17)10-16/h3-5,10,13-14,18H,6-9,11-12H2,1-2H3. The molecule has 20 heavy (non-hydrogen) atoms. The normalized spacial score (nSPS) is 19.7. The van der Waals surface area contributed by atoms with Gasteiger partial charge in [-0.1, -0.05) is 22.0 Å². The van der Waals surface area contributed by atoms with Gasteiger partial charge in [-0.25, -0.2) is 0 Å². The van der Waals surface area contributed by atoms with Gasteiger partial charge in [0.2, 0.25) is 0 Å². The third kappa shape index (κ3) is 5.08. The first-order chi connectivity index (χ1) is 9.65. The van der Waals surface area contributed by atoms with Gasteiger partial charge in [-0.3, -0.25) is 0 Å². The first kappa shape index (κ1) is 15.8. The number of halogens is 1. The van der Waals surface area contributed by atoms with E-state index < -0.39 is 0 Å². The van der Waals surface area contributed by atoms with Gasteiger partial charge in [-0.05, 0) is 57.5 Å². The summed E-state index contributed by atoms with van der Waals surface area (Å²) < 4.78 is 6.77. The highest BCUT2D eigenvalue weighted by molar-refractivity contribution is 9.10. The zero-order valence-corrected chi connectivity index (χ0v) is 14.0. The highest BCUT2D eigenvalue weighted by Crippen LogP contribution is 2.18. The molecule has 0 bridgehead atoms. The van der Waals surface area contributed by atoms with Crippen LogP contribution in [0.1, 0.15) is 20.3 Å². The summed E-state index contributed by atoms with van der Waals surface area (Å²) in [4.78, 5) is 2.56. The fraction of sp³-hybridized carbons (Fsp3) is 0.625. The van der Waals surface area contributed by atoms with Gasteiger partial charge in [-0.2, -0.15) is 0 Å². The lowest BCUT2D eigenvalue weighted by Crippen LogP contribution is -2.31. The van der Waals surface area contributed by atoms with Crippen molar-refractivity contribution in [2.45, 2.75) is 26.3 Å². The average molecular weight is 341 g/mol. The Morgan fingerprint density at radius 2 is 2.30 bits per heavy atom. The lowest BCUT2D eigenvalue weighted by molar-refractivity contribution is 0.261. The van der Waals surface area contributed by atoms with Crippen molar-refractivity contribution >= 4 is 15.9 Å². The second kappa shape index (κ2) is 8.01. The number of hydrogen-bond donors (Lipinski definition) is 1. The molecule has 1 aliphatic heterocycles. The van der Waals surface area contributed by atoms with Crippen LogP contribution in [0.25, 0.3) is 0 Å². The molecule has 0 radical (unpaired) electrons. The fourth-order valence-corrected chi connectivity index (χ4v) is 2.98. The molecule has 112 valence electrons. The first-order valence-corrected chi connectivity index (χ1v) is 8.27. The van der Waals surface area contributed by atoms with Crippen molar-refractivity contribution in [1.82, 2.24) is 10.2 Å². The number of rotatable bonds is 7. The van der Waals surface area contributed by atoms with Crippen molar-refractivity contribution in [2.24, 2.45) is 5.92 Å². The highest BCUT2D eigenvalue weighted by Gasteiger charge is 2.23. The molecular formula is C16H25BrN2O. The predicted octanol–water partition coefficient (Wildman–Crippen LogP) is 3.15. The Balaban J connectivity index is 1.56. The van der Waals surface area contributed by atoms with Gasteiger partial charge >= 0.3 is 0 Å². The van der Waals surface area contributed by atoms with Gasteiger partial charge in [-0.15, -0.1) is 0 Å². The zero-order chi connectivity index (χ0) is 14.4. The quantitative estimate of drug-likeness (QED) is 0.771. The summed E-state index contributed by atoms with van der Waals surface area (Å²) in [5, 5.41) is 3.51. The minimum Gasteiger partial charge on any atom is -0.492 e. The Morgan fingerprint density at radius 1 is 1.45 bits per heavy atom. The molecule has 1 heterocycles. The molecule has 0 aliphatic carbocycles. The van der Waals surface area contributed by atoms with Crippen LogP contribution >= 0.6 is 15.9 Å². The summed E-state index contributed by atoms with van der Waals surface area (Å²) in [6, 6.07) is 8.66. The van der Waals surface area contributed by atoms with Gasteiger partial charge in [0, 0.05) is 23.6 Å². The Bertz CT molecular complexity index is 411. The van der Waals surface area contributed by atoms with Crippen LogP contribution in [-0.4, -0.2) is 43.7 Å². The minimum atomic E-state index is 0.680. The van der Waals surface area contributed by atoms with Crippen molar-refractivity contribution < 1.29 is 4.74 Å². The Morgan fingerprint density at radius 3 is 3.00 bits per heavy atom. The molecule has 2 rings (SSSR count).